The molecule has 1 unspecified atom stereocenters. The van der Waals surface area contributed by atoms with Gasteiger partial charge >= 0.3 is 0 Å². The minimum Gasteiger partial charge on any atom is -0.489 e. The van der Waals surface area contributed by atoms with E-state index >= 15 is 0 Å². The summed E-state index contributed by atoms with van der Waals surface area (Å²) in [5.74, 6) is 1.47. The molecule has 0 heterocycles. The molecule has 3 rings (SSSR count). The molecule has 2 nitrogen and oxygen atoms in total. The maximum atomic E-state index is 6.02. The van der Waals surface area contributed by atoms with Gasteiger partial charge in [0, 0.05) is 11.1 Å². The molecule has 0 spiro atoms. The van der Waals surface area contributed by atoms with Crippen LogP contribution in [0.15, 0.2) is 66.7 Å². The Labute approximate surface area is 144 Å². The molecule has 0 saturated carbocycles. The number of nitrogens with one attached hydrogen (secondary N) is 1. The van der Waals surface area contributed by atoms with Crippen molar-refractivity contribution in [3.8, 4) is 5.75 Å². The summed E-state index contributed by atoms with van der Waals surface area (Å²) in [6, 6.07) is 23.2. The van der Waals surface area contributed by atoms with Crippen LogP contribution in [0, 0.1) is 0 Å². The second-order valence-electron chi connectivity index (χ2n) is 6.56. The maximum Gasteiger partial charge on any atom is 0.119 e. The topological polar surface area (TPSA) is 21.3 Å². The van der Waals surface area contributed by atoms with Gasteiger partial charge < -0.3 is 10.1 Å². The van der Waals surface area contributed by atoms with Crippen molar-refractivity contribution in [2.45, 2.75) is 32.8 Å². The summed E-state index contributed by atoms with van der Waals surface area (Å²) in [5.41, 5.74) is 2.49. The average Bonchev–Trinajstić information content (AvgIpc) is 2.60. The summed E-state index contributed by atoms with van der Waals surface area (Å²) in [4.78, 5) is 0. The number of hydrogen-bond donors (Lipinski definition) is 1. The normalized spacial score (nSPS) is 12.3. The van der Waals surface area contributed by atoms with Crippen molar-refractivity contribution < 1.29 is 4.74 Å². The summed E-state index contributed by atoms with van der Waals surface area (Å²) >= 11 is 0. The lowest BCUT2D eigenvalue weighted by Crippen LogP contribution is -2.22. The van der Waals surface area contributed by atoms with E-state index in [0.717, 1.165) is 18.0 Å². The van der Waals surface area contributed by atoms with E-state index in [-0.39, 0.29) is 6.10 Å². The highest BCUT2D eigenvalue weighted by Crippen LogP contribution is 2.23. The predicted molar refractivity (Wildman–Crippen MR) is 103 cm³/mol. The summed E-state index contributed by atoms with van der Waals surface area (Å²) < 4.78 is 6.02. The lowest BCUT2D eigenvalue weighted by molar-refractivity contribution is 0.234. The van der Waals surface area contributed by atoms with Gasteiger partial charge in [-0.05, 0) is 42.0 Å². The zero-order chi connectivity index (χ0) is 16.9. The quantitative estimate of drug-likeness (QED) is 0.616. The third kappa shape index (κ3) is 3.88. The van der Waals surface area contributed by atoms with Crippen LogP contribution in [-0.2, 0) is 0 Å². The van der Waals surface area contributed by atoms with Crippen molar-refractivity contribution in [3.63, 3.8) is 0 Å². The van der Waals surface area contributed by atoms with Crippen LogP contribution in [0.5, 0.6) is 5.75 Å². The van der Waals surface area contributed by atoms with Gasteiger partial charge in [-0.2, -0.15) is 0 Å². The highest BCUT2D eigenvalue weighted by atomic mass is 16.5. The first kappa shape index (κ1) is 16.4. The summed E-state index contributed by atoms with van der Waals surface area (Å²) in [6.45, 7) is 7.26. The minimum atomic E-state index is 0.0915. The lowest BCUT2D eigenvalue weighted by atomic mass is 10.0. The Bertz CT molecular complexity index is 787. The van der Waals surface area contributed by atoms with Gasteiger partial charge in [0.1, 0.15) is 11.9 Å². The van der Waals surface area contributed by atoms with Crippen molar-refractivity contribution in [1.29, 1.82) is 0 Å². The number of fused-ring (bicyclic) bond motifs is 1. The first-order valence-corrected chi connectivity index (χ1v) is 8.62. The Morgan fingerprint density at radius 3 is 2.29 bits per heavy atom. The number of hydrogen-bond acceptors (Lipinski definition) is 2. The molecule has 124 valence electrons. The van der Waals surface area contributed by atoms with Gasteiger partial charge in [-0.1, -0.05) is 62.4 Å². The van der Waals surface area contributed by atoms with Gasteiger partial charge in [-0.3, -0.25) is 0 Å². The smallest absolute Gasteiger partial charge is 0.119 e. The van der Waals surface area contributed by atoms with E-state index in [2.05, 4.69) is 92.8 Å². The first-order valence-electron chi connectivity index (χ1n) is 8.62. The third-order valence-electron chi connectivity index (χ3n) is 4.25. The SMILES string of the molecule is CC(CNc1cccc2ccccc12)Oc1ccc(C(C)C)cc1. The van der Waals surface area contributed by atoms with E-state index < -0.39 is 0 Å². The van der Waals surface area contributed by atoms with Crippen LogP contribution < -0.4 is 10.1 Å². The predicted octanol–water partition coefficient (Wildman–Crippen LogP) is 5.84. The van der Waals surface area contributed by atoms with Crippen LogP contribution in [-0.4, -0.2) is 12.6 Å². The monoisotopic (exact) mass is 319 g/mol. The van der Waals surface area contributed by atoms with Gasteiger partial charge in [0.15, 0.2) is 0 Å². The Hall–Kier alpha value is -2.48. The number of benzene rings is 3. The van der Waals surface area contributed by atoms with Crippen LogP contribution in [0.2, 0.25) is 0 Å². The molecule has 0 fully saturated rings. The van der Waals surface area contributed by atoms with E-state index in [1.165, 1.54) is 16.3 Å². The highest BCUT2D eigenvalue weighted by Gasteiger charge is 2.06. The van der Waals surface area contributed by atoms with Crippen molar-refractivity contribution in [1.82, 2.24) is 0 Å². The van der Waals surface area contributed by atoms with Gasteiger partial charge in [0.05, 0.1) is 6.54 Å². The number of anilines is 1. The average molecular weight is 319 g/mol. The minimum absolute atomic E-state index is 0.0915. The molecule has 0 saturated heterocycles. The fourth-order valence-corrected chi connectivity index (χ4v) is 2.84. The van der Waals surface area contributed by atoms with E-state index in [1.807, 2.05) is 0 Å². The molecule has 0 aromatic heterocycles. The van der Waals surface area contributed by atoms with Crippen molar-refractivity contribution >= 4 is 16.5 Å². The van der Waals surface area contributed by atoms with Crippen LogP contribution >= 0.6 is 0 Å². The second-order valence-corrected chi connectivity index (χ2v) is 6.56. The Kier molecular flexibility index (Phi) is 5.05. The maximum absolute atomic E-state index is 6.02. The molecule has 0 bridgehead atoms. The molecule has 0 aliphatic heterocycles. The Morgan fingerprint density at radius 1 is 0.833 bits per heavy atom. The molecule has 1 N–H and O–H groups in total. The fraction of sp³-hybridized carbons (Fsp3) is 0.273. The van der Waals surface area contributed by atoms with Crippen molar-refractivity contribution in [2.24, 2.45) is 0 Å². The van der Waals surface area contributed by atoms with Gasteiger partial charge in [-0.25, -0.2) is 0 Å². The van der Waals surface area contributed by atoms with Crippen LogP contribution in [0.25, 0.3) is 10.8 Å². The molecule has 1 atom stereocenters. The molecule has 2 heteroatoms. The van der Waals surface area contributed by atoms with E-state index in [1.54, 1.807) is 0 Å². The zero-order valence-electron chi connectivity index (χ0n) is 14.6. The summed E-state index contributed by atoms with van der Waals surface area (Å²) in [6.07, 6.45) is 0.0915. The van der Waals surface area contributed by atoms with Crippen LogP contribution in [0.4, 0.5) is 5.69 Å². The second kappa shape index (κ2) is 7.39. The van der Waals surface area contributed by atoms with E-state index in [4.69, 9.17) is 4.74 Å². The Morgan fingerprint density at radius 2 is 1.54 bits per heavy atom. The lowest BCUT2D eigenvalue weighted by Gasteiger charge is -2.17. The van der Waals surface area contributed by atoms with Gasteiger partial charge in [-0.15, -0.1) is 0 Å². The fourth-order valence-electron chi connectivity index (χ4n) is 2.84. The molecule has 3 aromatic carbocycles. The van der Waals surface area contributed by atoms with Crippen molar-refractivity contribution in [2.75, 3.05) is 11.9 Å². The largest absolute Gasteiger partial charge is 0.489 e. The third-order valence-corrected chi connectivity index (χ3v) is 4.25. The van der Waals surface area contributed by atoms with E-state index in [9.17, 15) is 0 Å². The summed E-state index contributed by atoms with van der Waals surface area (Å²) in [5, 5.41) is 6.01. The molecular weight excluding hydrogens is 294 g/mol. The molecule has 24 heavy (non-hydrogen) atoms. The zero-order valence-corrected chi connectivity index (χ0v) is 14.6. The molecule has 0 aliphatic carbocycles. The van der Waals surface area contributed by atoms with Crippen LogP contribution in [0.3, 0.4) is 0 Å². The van der Waals surface area contributed by atoms with Crippen molar-refractivity contribution in [3.05, 3.63) is 72.3 Å². The van der Waals surface area contributed by atoms with E-state index in [0.29, 0.717) is 5.92 Å². The van der Waals surface area contributed by atoms with Crippen LogP contribution in [0.1, 0.15) is 32.3 Å². The molecule has 0 amide bonds. The molecule has 0 aliphatic rings. The standard InChI is InChI=1S/C22H25NO/c1-16(2)18-11-13-20(14-12-18)24-17(3)15-23-22-10-6-8-19-7-4-5-9-21(19)22/h4-14,16-17,23H,15H2,1-3H3. The number of rotatable bonds is 6. The molecule has 3 aromatic rings. The molecule has 0 radical (unpaired) electrons. The molecular formula is C22H25NO. The first-order chi connectivity index (χ1) is 11.6. The number of ether oxygens (including phenoxy) is 1. The summed E-state index contributed by atoms with van der Waals surface area (Å²) in [7, 11) is 0. The Balaban J connectivity index is 1.61. The highest BCUT2D eigenvalue weighted by molar-refractivity contribution is 5.93. The van der Waals surface area contributed by atoms with Gasteiger partial charge in [0.2, 0.25) is 0 Å². The van der Waals surface area contributed by atoms with Gasteiger partial charge in [0.25, 0.3) is 0 Å².